The zero-order valence-electron chi connectivity index (χ0n) is 16.0. The van der Waals surface area contributed by atoms with E-state index in [0.29, 0.717) is 41.2 Å². The lowest BCUT2D eigenvalue weighted by molar-refractivity contribution is 0.0949. The molecule has 0 atom stereocenters. The molecule has 3 heterocycles. The molecule has 0 aliphatic heterocycles. The van der Waals surface area contributed by atoms with Crippen LogP contribution in [0.5, 0.6) is 0 Å². The van der Waals surface area contributed by atoms with Gasteiger partial charge in [0.15, 0.2) is 5.78 Å². The van der Waals surface area contributed by atoms with Crippen LogP contribution in [0.1, 0.15) is 37.9 Å². The maximum absolute atomic E-state index is 13.1. The molecule has 0 aliphatic carbocycles. The van der Waals surface area contributed by atoms with Gasteiger partial charge in [0.05, 0.1) is 11.9 Å². The lowest BCUT2D eigenvalue weighted by atomic mass is 9.99. The van der Waals surface area contributed by atoms with Crippen LogP contribution in [0.2, 0.25) is 0 Å². The van der Waals surface area contributed by atoms with Crippen molar-refractivity contribution in [1.29, 1.82) is 0 Å². The van der Waals surface area contributed by atoms with Gasteiger partial charge in [0, 0.05) is 46.7 Å². The highest BCUT2D eigenvalue weighted by atomic mass is 79.9. The van der Waals surface area contributed by atoms with Crippen LogP contribution in [0.15, 0.2) is 58.0 Å². The van der Waals surface area contributed by atoms with Crippen molar-refractivity contribution in [2.45, 2.75) is 13.3 Å². The number of aromatic amines is 2. The van der Waals surface area contributed by atoms with Gasteiger partial charge in [-0.05, 0) is 25.1 Å². The highest BCUT2D eigenvalue weighted by Crippen LogP contribution is 2.28. The first-order chi connectivity index (χ1) is 14.5. The summed E-state index contributed by atoms with van der Waals surface area (Å²) in [7, 11) is 0. The number of amides is 1. The quantitative estimate of drug-likeness (QED) is 0.358. The van der Waals surface area contributed by atoms with E-state index in [2.05, 4.69) is 41.4 Å². The van der Waals surface area contributed by atoms with E-state index in [9.17, 15) is 9.59 Å². The number of hydrogen-bond acceptors (Lipinski definition) is 5. The van der Waals surface area contributed by atoms with Gasteiger partial charge in [0.2, 0.25) is 0 Å². The molecule has 0 saturated heterocycles. The highest BCUT2D eigenvalue weighted by molar-refractivity contribution is 9.10. The summed E-state index contributed by atoms with van der Waals surface area (Å²) in [5.74, 6) is -0.132. The lowest BCUT2D eigenvalue weighted by Gasteiger charge is -2.02. The molecule has 0 bridgehead atoms. The minimum Gasteiger partial charge on any atom is -0.360 e. The van der Waals surface area contributed by atoms with Crippen molar-refractivity contribution >= 4 is 27.6 Å². The molecular formula is C21H18BrN5O3. The summed E-state index contributed by atoms with van der Waals surface area (Å²) in [5, 5.41) is 6.87. The number of aryl methyl sites for hydroxylation is 1. The summed E-state index contributed by atoms with van der Waals surface area (Å²) in [5.41, 5.74) is 3.21. The summed E-state index contributed by atoms with van der Waals surface area (Å²) in [6.07, 6.45) is 5.45. The number of hydrogen-bond donors (Lipinski definition) is 3. The summed E-state index contributed by atoms with van der Waals surface area (Å²) in [6, 6.07) is 8.98. The first kappa shape index (κ1) is 19.8. The van der Waals surface area contributed by atoms with Gasteiger partial charge in [-0.25, -0.2) is 4.98 Å². The molecule has 0 spiro atoms. The van der Waals surface area contributed by atoms with Crippen LogP contribution in [-0.4, -0.2) is 38.3 Å². The number of carbonyl (C=O) groups excluding carboxylic acids is 2. The number of halogens is 1. The Labute approximate surface area is 180 Å². The summed E-state index contributed by atoms with van der Waals surface area (Å²) in [6.45, 7) is 2.14. The van der Waals surface area contributed by atoms with Crippen LogP contribution < -0.4 is 5.32 Å². The van der Waals surface area contributed by atoms with Crippen molar-refractivity contribution in [1.82, 2.24) is 25.4 Å². The fourth-order valence-electron chi connectivity index (χ4n) is 3.07. The van der Waals surface area contributed by atoms with Crippen LogP contribution in [0, 0.1) is 6.92 Å². The Morgan fingerprint density at radius 1 is 1.20 bits per heavy atom. The van der Waals surface area contributed by atoms with Crippen LogP contribution in [0.4, 0.5) is 0 Å². The first-order valence-electron chi connectivity index (χ1n) is 9.23. The molecule has 30 heavy (non-hydrogen) atoms. The van der Waals surface area contributed by atoms with E-state index >= 15 is 0 Å². The predicted octanol–water partition coefficient (Wildman–Crippen LogP) is 3.67. The van der Waals surface area contributed by atoms with Gasteiger partial charge in [-0.2, -0.15) is 0 Å². The zero-order valence-corrected chi connectivity index (χ0v) is 17.6. The van der Waals surface area contributed by atoms with Crippen molar-refractivity contribution in [3.8, 4) is 11.3 Å². The molecule has 3 N–H and O–H groups in total. The Kier molecular flexibility index (Phi) is 5.62. The number of rotatable bonds is 7. The second-order valence-corrected chi connectivity index (χ2v) is 7.60. The Morgan fingerprint density at radius 3 is 2.73 bits per heavy atom. The monoisotopic (exact) mass is 467 g/mol. The predicted molar refractivity (Wildman–Crippen MR) is 113 cm³/mol. The minimum absolute atomic E-state index is 0.264. The van der Waals surface area contributed by atoms with Crippen molar-refractivity contribution in [2.75, 3.05) is 6.54 Å². The van der Waals surface area contributed by atoms with E-state index in [0.717, 1.165) is 15.7 Å². The van der Waals surface area contributed by atoms with E-state index < -0.39 is 0 Å². The molecule has 0 radical (unpaired) electrons. The Hall–Kier alpha value is -3.46. The first-order valence-corrected chi connectivity index (χ1v) is 10.0. The number of ketones is 1. The van der Waals surface area contributed by atoms with Gasteiger partial charge >= 0.3 is 0 Å². The maximum atomic E-state index is 13.1. The number of benzene rings is 1. The average Bonchev–Trinajstić information content (AvgIpc) is 3.49. The van der Waals surface area contributed by atoms with Crippen molar-refractivity contribution in [3.63, 3.8) is 0 Å². The number of nitrogens with zero attached hydrogens (tertiary/aromatic N) is 2. The number of nitrogens with one attached hydrogen (secondary N) is 3. The third kappa shape index (κ3) is 4.11. The van der Waals surface area contributed by atoms with Crippen molar-refractivity contribution in [3.05, 3.63) is 81.8 Å². The smallest absolute Gasteiger partial charge is 0.267 e. The highest BCUT2D eigenvalue weighted by Gasteiger charge is 2.24. The van der Waals surface area contributed by atoms with Crippen molar-refractivity contribution in [2.24, 2.45) is 0 Å². The Balaban J connectivity index is 1.50. The van der Waals surface area contributed by atoms with Gasteiger partial charge in [-0.3, -0.25) is 9.59 Å². The number of aromatic nitrogens is 4. The molecule has 0 fully saturated rings. The third-order valence-electron chi connectivity index (χ3n) is 4.63. The molecule has 4 rings (SSSR count). The largest absolute Gasteiger partial charge is 0.360 e. The van der Waals surface area contributed by atoms with E-state index in [4.69, 9.17) is 4.52 Å². The standard InChI is InChI=1S/C21H18BrN5O3/c1-12-18(19(27-30-12)13-2-4-15(22)5-3-13)20(28)14-8-17(25-9-14)21(29)24-7-6-16-10-23-11-26-16/h2-5,8-11,25H,6-7H2,1H3,(H,23,26)(H,24,29). The second-order valence-electron chi connectivity index (χ2n) is 6.68. The maximum Gasteiger partial charge on any atom is 0.267 e. The van der Waals surface area contributed by atoms with E-state index in [1.54, 1.807) is 19.4 Å². The summed E-state index contributed by atoms with van der Waals surface area (Å²) < 4.78 is 6.21. The topological polar surface area (TPSA) is 117 Å². The number of H-pyrrole nitrogens is 2. The number of imidazole rings is 1. The van der Waals surface area contributed by atoms with Gasteiger partial charge in [0.25, 0.3) is 5.91 Å². The second kappa shape index (κ2) is 8.50. The molecule has 152 valence electrons. The molecule has 1 aromatic carbocycles. The zero-order chi connectivity index (χ0) is 21.1. The molecule has 8 nitrogen and oxygen atoms in total. The van der Waals surface area contributed by atoms with E-state index in [1.165, 1.54) is 12.3 Å². The lowest BCUT2D eigenvalue weighted by Crippen LogP contribution is -2.26. The SMILES string of the molecule is Cc1onc(-c2ccc(Br)cc2)c1C(=O)c1c[nH]c(C(=O)NCCc2cnc[nH]2)c1. The molecule has 0 unspecified atom stereocenters. The van der Waals surface area contributed by atoms with Gasteiger partial charge in [-0.1, -0.05) is 33.2 Å². The van der Waals surface area contributed by atoms with Crippen LogP contribution >= 0.6 is 15.9 Å². The molecule has 9 heteroatoms. The van der Waals surface area contributed by atoms with Crippen LogP contribution in [-0.2, 0) is 6.42 Å². The van der Waals surface area contributed by atoms with Gasteiger partial charge < -0.3 is 19.8 Å². The fraction of sp³-hybridized carbons (Fsp3) is 0.143. The normalized spacial score (nSPS) is 10.9. The van der Waals surface area contributed by atoms with Crippen molar-refractivity contribution < 1.29 is 14.1 Å². The molecule has 1 amide bonds. The fourth-order valence-corrected chi connectivity index (χ4v) is 3.34. The molecule has 0 saturated carbocycles. The Bertz CT molecular complexity index is 1180. The molecule has 3 aromatic heterocycles. The summed E-state index contributed by atoms with van der Waals surface area (Å²) in [4.78, 5) is 35.3. The van der Waals surface area contributed by atoms with E-state index in [-0.39, 0.29) is 11.7 Å². The van der Waals surface area contributed by atoms with Gasteiger partial charge in [-0.15, -0.1) is 0 Å². The summed E-state index contributed by atoms with van der Waals surface area (Å²) >= 11 is 3.40. The average molecular weight is 468 g/mol. The number of carbonyl (C=O) groups is 2. The molecule has 0 aliphatic rings. The van der Waals surface area contributed by atoms with Gasteiger partial charge in [0.1, 0.15) is 17.1 Å². The van der Waals surface area contributed by atoms with Crippen LogP contribution in [0.3, 0.4) is 0 Å². The van der Waals surface area contributed by atoms with E-state index in [1.807, 2.05) is 24.3 Å². The van der Waals surface area contributed by atoms with Crippen LogP contribution in [0.25, 0.3) is 11.3 Å². The Morgan fingerprint density at radius 2 is 2.00 bits per heavy atom. The minimum atomic E-state index is -0.288. The molecular weight excluding hydrogens is 450 g/mol. The third-order valence-corrected chi connectivity index (χ3v) is 5.16. The molecule has 4 aromatic rings.